The van der Waals surface area contributed by atoms with Crippen molar-refractivity contribution in [3.63, 3.8) is 0 Å². The van der Waals surface area contributed by atoms with E-state index in [4.69, 9.17) is 0 Å². The molecule has 1 aliphatic heterocycles. The molecule has 1 saturated heterocycles. The van der Waals surface area contributed by atoms with Crippen molar-refractivity contribution in [2.75, 3.05) is 6.54 Å². The third-order valence-corrected chi connectivity index (χ3v) is 4.10. The summed E-state index contributed by atoms with van der Waals surface area (Å²) in [7, 11) is 0. The molecular weight excluding hydrogens is 226 g/mol. The summed E-state index contributed by atoms with van der Waals surface area (Å²) in [5, 5.41) is 6.24. The van der Waals surface area contributed by atoms with E-state index in [1.807, 2.05) is 0 Å². The van der Waals surface area contributed by atoms with Crippen LogP contribution in [0.3, 0.4) is 0 Å². The molecule has 1 aliphatic carbocycles. The highest BCUT2D eigenvalue weighted by Crippen LogP contribution is 2.41. The van der Waals surface area contributed by atoms with Crippen LogP contribution in [-0.2, 0) is 4.79 Å². The molecule has 1 heterocycles. The van der Waals surface area contributed by atoms with Crippen molar-refractivity contribution in [1.82, 2.24) is 10.6 Å². The Hall–Kier alpha value is -1.06. The van der Waals surface area contributed by atoms with E-state index >= 15 is 0 Å². The number of amides is 1. The fourth-order valence-corrected chi connectivity index (χ4v) is 2.60. The summed E-state index contributed by atoms with van der Waals surface area (Å²) in [6, 6.07) is 0. The van der Waals surface area contributed by atoms with Crippen molar-refractivity contribution in [2.45, 2.75) is 58.9 Å². The number of hydrogen-bond donors (Lipinski definition) is 2. The molecule has 4 nitrogen and oxygen atoms in total. The van der Waals surface area contributed by atoms with Crippen molar-refractivity contribution in [3.8, 4) is 0 Å². The number of hydrogen-bond acceptors (Lipinski definition) is 2. The van der Waals surface area contributed by atoms with E-state index in [2.05, 4.69) is 43.3 Å². The molecule has 0 aromatic heterocycles. The average molecular weight is 251 g/mol. The summed E-state index contributed by atoms with van der Waals surface area (Å²) in [6.45, 7) is 9.56. The molecule has 0 unspecified atom stereocenters. The van der Waals surface area contributed by atoms with Gasteiger partial charge in [0, 0.05) is 6.54 Å². The first-order chi connectivity index (χ1) is 8.33. The number of carbonyl (C=O) groups excluding carboxylic acids is 1. The summed E-state index contributed by atoms with van der Waals surface area (Å²) in [6.07, 6.45) is 3.99. The van der Waals surface area contributed by atoms with Gasteiger partial charge < -0.3 is 5.32 Å². The lowest BCUT2D eigenvalue weighted by atomic mass is 9.69. The average Bonchev–Trinajstić information content (AvgIpc) is 2.58. The van der Waals surface area contributed by atoms with Gasteiger partial charge in [-0.1, -0.05) is 27.7 Å². The maximum absolute atomic E-state index is 12.2. The molecular formula is C14H25N3O. The van der Waals surface area contributed by atoms with E-state index in [-0.39, 0.29) is 11.4 Å². The van der Waals surface area contributed by atoms with Gasteiger partial charge in [0.2, 0.25) is 0 Å². The zero-order valence-electron chi connectivity index (χ0n) is 12.0. The molecule has 102 valence electrons. The SMILES string of the molecule is CC(C)CN=C1NC(=O)C2(CCC(C)(C)CC2)N1. The normalized spacial score (nSPS) is 27.6. The molecule has 1 amide bonds. The van der Waals surface area contributed by atoms with Crippen molar-refractivity contribution >= 4 is 11.9 Å². The highest BCUT2D eigenvalue weighted by Gasteiger charge is 2.48. The molecule has 0 radical (unpaired) electrons. The van der Waals surface area contributed by atoms with Crippen molar-refractivity contribution in [1.29, 1.82) is 0 Å². The molecule has 4 heteroatoms. The number of guanidine groups is 1. The van der Waals surface area contributed by atoms with E-state index in [1.165, 1.54) is 0 Å². The summed E-state index contributed by atoms with van der Waals surface area (Å²) in [5.74, 6) is 1.30. The van der Waals surface area contributed by atoms with Crippen LogP contribution in [0.15, 0.2) is 4.99 Å². The zero-order valence-corrected chi connectivity index (χ0v) is 12.0. The molecule has 0 bridgehead atoms. The number of carbonyl (C=O) groups is 1. The summed E-state index contributed by atoms with van der Waals surface area (Å²) >= 11 is 0. The maximum atomic E-state index is 12.2. The third kappa shape index (κ3) is 2.68. The van der Waals surface area contributed by atoms with Crippen LogP contribution in [0.1, 0.15) is 53.4 Å². The smallest absolute Gasteiger partial charge is 0.252 e. The topological polar surface area (TPSA) is 53.5 Å². The predicted molar refractivity (Wildman–Crippen MR) is 73.4 cm³/mol. The van der Waals surface area contributed by atoms with Gasteiger partial charge in [0.1, 0.15) is 5.54 Å². The van der Waals surface area contributed by atoms with Crippen molar-refractivity contribution in [2.24, 2.45) is 16.3 Å². The molecule has 18 heavy (non-hydrogen) atoms. The molecule has 2 aliphatic rings. The Kier molecular flexibility index (Phi) is 3.39. The van der Waals surface area contributed by atoms with E-state index < -0.39 is 0 Å². The lowest BCUT2D eigenvalue weighted by molar-refractivity contribution is -0.125. The monoisotopic (exact) mass is 251 g/mol. The Morgan fingerprint density at radius 1 is 1.22 bits per heavy atom. The Balaban J connectivity index is 2.03. The molecule has 0 aromatic rings. The molecule has 2 rings (SSSR count). The molecule has 2 fully saturated rings. The highest BCUT2D eigenvalue weighted by molar-refractivity contribution is 6.09. The minimum Gasteiger partial charge on any atom is -0.342 e. The summed E-state index contributed by atoms with van der Waals surface area (Å²) in [4.78, 5) is 16.6. The van der Waals surface area contributed by atoms with E-state index in [9.17, 15) is 4.79 Å². The lowest BCUT2D eigenvalue weighted by Gasteiger charge is -2.39. The minimum absolute atomic E-state index is 0.112. The lowest BCUT2D eigenvalue weighted by Crippen LogP contribution is -2.50. The first-order valence-corrected chi connectivity index (χ1v) is 6.97. The quantitative estimate of drug-likeness (QED) is 0.789. The molecule has 2 N–H and O–H groups in total. The molecule has 0 aromatic carbocycles. The van der Waals surface area contributed by atoms with E-state index in [0.29, 0.717) is 17.3 Å². The standard InChI is InChI=1S/C14H25N3O/c1-10(2)9-15-12-16-11(18)14(17-12)7-5-13(3,4)6-8-14/h10H,5-9H2,1-4H3,(H2,15,16,17,18). The van der Waals surface area contributed by atoms with Crippen LogP contribution in [0.4, 0.5) is 0 Å². The highest BCUT2D eigenvalue weighted by atomic mass is 16.2. The molecule has 0 atom stereocenters. The number of nitrogens with one attached hydrogen (secondary N) is 2. The van der Waals surface area contributed by atoms with Crippen LogP contribution in [0, 0.1) is 11.3 Å². The van der Waals surface area contributed by atoms with Crippen LogP contribution in [0.25, 0.3) is 0 Å². The van der Waals surface area contributed by atoms with Crippen LogP contribution in [-0.4, -0.2) is 24.0 Å². The second-order valence-corrected chi connectivity index (χ2v) is 6.91. The second kappa shape index (κ2) is 4.56. The Morgan fingerprint density at radius 3 is 2.39 bits per heavy atom. The van der Waals surface area contributed by atoms with Gasteiger partial charge in [0.25, 0.3) is 5.91 Å². The fraction of sp³-hybridized carbons (Fsp3) is 0.857. The van der Waals surface area contributed by atoms with Gasteiger partial charge in [0.05, 0.1) is 0 Å². The van der Waals surface area contributed by atoms with E-state index in [1.54, 1.807) is 0 Å². The van der Waals surface area contributed by atoms with Gasteiger partial charge >= 0.3 is 0 Å². The van der Waals surface area contributed by atoms with Crippen LogP contribution in [0.2, 0.25) is 0 Å². The Labute approximate surface area is 110 Å². The van der Waals surface area contributed by atoms with Crippen molar-refractivity contribution in [3.05, 3.63) is 0 Å². The first kappa shape index (κ1) is 13.4. The van der Waals surface area contributed by atoms with Gasteiger partial charge in [-0.25, -0.2) is 0 Å². The van der Waals surface area contributed by atoms with Gasteiger partial charge in [0.15, 0.2) is 5.96 Å². The van der Waals surface area contributed by atoms with Gasteiger partial charge in [-0.05, 0) is 37.0 Å². The van der Waals surface area contributed by atoms with Gasteiger partial charge in [-0.15, -0.1) is 0 Å². The van der Waals surface area contributed by atoms with Crippen LogP contribution < -0.4 is 10.6 Å². The first-order valence-electron chi connectivity index (χ1n) is 6.97. The van der Waals surface area contributed by atoms with Gasteiger partial charge in [-0.3, -0.25) is 15.1 Å². The van der Waals surface area contributed by atoms with Crippen LogP contribution in [0.5, 0.6) is 0 Å². The van der Waals surface area contributed by atoms with Crippen LogP contribution >= 0.6 is 0 Å². The van der Waals surface area contributed by atoms with Crippen molar-refractivity contribution < 1.29 is 4.79 Å². The second-order valence-electron chi connectivity index (χ2n) is 6.91. The summed E-state index contributed by atoms with van der Waals surface area (Å²) < 4.78 is 0. The van der Waals surface area contributed by atoms with Gasteiger partial charge in [-0.2, -0.15) is 0 Å². The third-order valence-electron chi connectivity index (χ3n) is 4.10. The molecule has 1 spiro atoms. The maximum Gasteiger partial charge on any atom is 0.252 e. The largest absolute Gasteiger partial charge is 0.342 e. The number of rotatable bonds is 2. The van der Waals surface area contributed by atoms with E-state index in [0.717, 1.165) is 32.2 Å². The Bertz CT molecular complexity index is 361. The minimum atomic E-state index is -0.384. The predicted octanol–water partition coefficient (Wildman–Crippen LogP) is 2.06. The zero-order chi connectivity index (χ0) is 13.4. The summed E-state index contributed by atoms with van der Waals surface area (Å²) in [5.41, 5.74) is -0.0175. The Morgan fingerprint density at radius 2 is 1.83 bits per heavy atom. The molecule has 1 saturated carbocycles. The fourth-order valence-electron chi connectivity index (χ4n) is 2.60. The number of aliphatic imine (C=N–C) groups is 1. The number of nitrogens with zero attached hydrogens (tertiary/aromatic N) is 1.